The smallest absolute Gasteiger partial charge is 0.312 e. The molecule has 0 fully saturated rings. The molecular weight excluding hydrogens is 360 g/mol. The zero-order chi connectivity index (χ0) is 20.1. The van der Waals surface area contributed by atoms with Crippen molar-refractivity contribution >= 4 is 16.7 Å². The lowest BCUT2D eigenvalue weighted by Gasteiger charge is -2.17. The molecule has 0 atom stereocenters. The number of hydrogen-bond acceptors (Lipinski definition) is 3. The Labute approximate surface area is 170 Å². The molecule has 0 aliphatic heterocycles. The van der Waals surface area contributed by atoms with E-state index in [1.165, 1.54) is 0 Å². The summed E-state index contributed by atoms with van der Waals surface area (Å²) >= 11 is 0. The fourth-order valence-electron chi connectivity index (χ4n) is 3.53. The first-order valence-electron chi connectivity index (χ1n) is 9.61. The molecule has 4 aromatic carbocycles. The number of carbonyl (C=O) groups excluding carboxylic acids is 1. The van der Waals surface area contributed by atoms with Gasteiger partial charge in [0.25, 0.3) is 0 Å². The Morgan fingerprint density at radius 2 is 1.28 bits per heavy atom. The summed E-state index contributed by atoms with van der Waals surface area (Å²) in [4.78, 5) is 12.8. The number of carbonyl (C=O) groups is 1. The Bertz CT molecular complexity index is 1070. The number of methoxy groups -OCH3 is 1. The quantitative estimate of drug-likeness (QED) is 0.304. The SMILES string of the molecule is COc1ccc2ccc(OC(=O)CC(c3ccccc3)c3ccccc3)cc2c1. The Balaban J connectivity index is 1.56. The average molecular weight is 382 g/mol. The van der Waals surface area contributed by atoms with Crippen molar-refractivity contribution < 1.29 is 14.3 Å². The molecule has 0 spiro atoms. The molecule has 0 bridgehead atoms. The van der Waals surface area contributed by atoms with E-state index in [0.29, 0.717) is 5.75 Å². The van der Waals surface area contributed by atoms with E-state index in [1.807, 2.05) is 97.1 Å². The van der Waals surface area contributed by atoms with Crippen LogP contribution in [0.1, 0.15) is 23.5 Å². The maximum absolute atomic E-state index is 12.8. The van der Waals surface area contributed by atoms with E-state index >= 15 is 0 Å². The van der Waals surface area contributed by atoms with Crippen LogP contribution in [0.25, 0.3) is 10.8 Å². The molecule has 0 aliphatic carbocycles. The van der Waals surface area contributed by atoms with E-state index in [-0.39, 0.29) is 18.3 Å². The largest absolute Gasteiger partial charge is 0.497 e. The number of ether oxygens (including phenoxy) is 2. The first kappa shape index (κ1) is 18.8. The molecule has 0 saturated heterocycles. The third-order valence-corrected chi connectivity index (χ3v) is 5.03. The number of benzene rings is 4. The van der Waals surface area contributed by atoms with Gasteiger partial charge in [-0.1, -0.05) is 72.8 Å². The van der Waals surface area contributed by atoms with Gasteiger partial charge in [0.1, 0.15) is 11.5 Å². The van der Waals surface area contributed by atoms with E-state index in [2.05, 4.69) is 0 Å². The topological polar surface area (TPSA) is 35.5 Å². The summed E-state index contributed by atoms with van der Waals surface area (Å²) in [5, 5.41) is 2.04. The summed E-state index contributed by atoms with van der Waals surface area (Å²) < 4.78 is 11.0. The minimum Gasteiger partial charge on any atom is -0.497 e. The van der Waals surface area contributed by atoms with Crippen molar-refractivity contribution in [1.29, 1.82) is 0 Å². The highest BCUT2D eigenvalue weighted by molar-refractivity contribution is 5.86. The van der Waals surface area contributed by atoms with Gasteiger partial charge in [-0.25, -0.2) is 0 Å². The highest BCUT2D eigenvalue weighted by atomic mass is 16.5. The van der Waals surface area contributed by atoms with Gasteiger partial charge in [0.05, 0.1) is 13.5 Å². The number of esters is 1. The molecule has 0 unspecified atom stereocenters. The summed E-state index contributed by atoms with van der Waals surface area (Å²) in [7, 11) is 1.64. The van der Waals surface area contributed by atoms with Crippen molar-refractivity contribution in [3.63, 3.8) is 0 Å². The van der Waals surface area contributed by atoms with Gasteiger partial charge in [0.15, 0.2) is 0 Å². The molecular formula is C26H22O3. The highest BCUT2D eigenvalue weighted by Gasteiger charge is 2.19. The standard InChI is InChI=1S/C26H22O3/c1-28-23-14-12-19-13-15-24(17-22(19)16-23)29-26(27)18-25(20-8-4-2-5-9-20)21-10-6-3-7-11-21/h2-17,25H,18H2,1H3. The first-order valence-corrected chi connectivity index (χ1v) is 9.61. The van der Waals surface area contributed by atoms with Crippen molar-refractivity contribution in [3.05, 3.63) is 108 Å². The Morgan fingerprint density at radius 3 is 1.86 bits per heavy atom. The third-order valence-electron chi connectivity index (χ3n) is 5.03. The molecule has 0 heterocycles. The first-order chi connectivity index (χ1) is 14.2. The third kappa shape index (κ3) is 4.46. The molecule has 3 heteroatoms. The second-order valence-corrected chi connectivity index (χ2v) is 6.93. The second kappa shape index (κ2) is 8.61. The molecule has 144 valence electrons. The summed E-state index contributed by atoms with van der Waals surface area (Å²) in [5.74, 6) is 1.00. The van der Waals surface area contributed by atoms with Gasteiger partial charge in [-0.3, -0.25) is 4.79 Å². The number of fused-ring (bicyclic) bond motifs is 1. The fourth-order valence-corrected chi connectivity index (χ4v) is 3.53. The zero-order valence-corrected chi connectivity index (χ0v) is 16.2. The van der Waals surface area contributed by atoms with Gasteiger partial charge in [0, 0.05) is 5.92 Å². The van der Waals surface area contributed by atoms with Crippen LogP contribution in [0.5, 0.6) is 11.5 Å². The van der Waals surface area contributed by atoms with Crippen LogP contribution >= 0.6 is 0 Å². The number of hydrogen-bond donors (Lipinski definition) is 0. The van der Waals surface area contributed by atoms with Crippen molar-refractivity contribution in [2.75, 3.05) is 7.11 Å². The Morgan fingerprint density at radius 1 is 0.724 bits per heavy atom. The Kier molecular flexibility index (Phi) is 5.57. The molecule has 4 rings (SSSR count). The van der Waals surface area contributed by atoms with Crippen LogP contribution in [0.3, 0.4) is 0 Å². The maximum atomic E-state index is 12.8. The van der Waals surface area contributed by atoms with E-state index in [1.54, 1.807) is 7.11 Å². The van der Waals surface area contributed by atoms with Gasteiger partial charge in [-0.2, -0.15) is 0 Å². The molecule has 3 nitrogen and oxygen atoms in total. The van der Waals surface area contributed by atoms with Crippen LogP contribution in [-0.4, -0.2) is 13.1 Å². The molecule has 0 aromatic heterocycles. The highest BCUT2D eigenvalue weighted by Crippen LogP contribution is 2.30. The minimum atomic E-state index is -0.259. The van der Waals surface area contributed by atoms with Crippen molar-refractivity contribution in [3.8, 4) is 11.5 Å². The van der Waals surface area contributed by atoms with E-state index < -0.39 is 0 Å². The van der Waals surface area contributed by atoms with Crippen LogP contribution in [0.4, 0.5) is 0 Å². The van der Waals surface area contributed by atoms with Crippen LogP contribution in [0.15, 0.2) is 97.1 Å². The Hall–Kier alpha value is -3.59. The summed E-state index contributed by atoms with van der Waals surface area (Å²) in [6.45, 7) is 0. The van der Waals surface area contributed by atoms with Crippen LogP contribution in [-0.2, 0) is 4.79 Å². The molecule has 4 aromatic rings. The van der Waals surface area contributed by atoms with E-state index in [0.717, 1.165) is 27.6 Å². The lowest BCUT2D eigenvalue weighted by Crippen LogP contribution is -2.14. The summed E-state index contributed by atoms with van der Waals surface area (Å²) in [6, 6.07) is 31.6. The van der Waals surface area contributed by atoms with Gasteiger partial charge in [-0.15, -0.1) is 0 Å². The second-order valence-electron chi connectivity index (χ2n) is 6.93. The molecule has 29 heavy (non-hydrogen) atoms. The van der Waals surface area contributed by atoms with Crippen molar-refractivity contribution in [1.82, 2.24) is 0 Å². The van der Waals surface area contributed by atoms with Gasteiger partial charge >= 0.3 is 5.97 Å². The van der Waals surface area contributed by atoms with Crippen LogP contribution in [0.2, 0.25) is 0 Å². The lowest BCUT2D eigenvalue weighted by molar-refractivity contribution is -0.134. The molecule has 0 radical (unpaired) electrons. The fraction of sp³-hybridized carbons (Fsp3) is 0.115. The van der Waals surface area contributed by atoms with Crippen molar-refractivity contribution in [2.24, 2.45) is 0 Å². The van der Waals surface area contributed by atoms with Crippen molar-refractivity contribution in [2.45, 2.75) is 12.3 Å². The summed E-state index contributed by atoms with van der Waals surface area (Å²) in [6.07, 6.45) is 0.268. The predicted molar refractivity (Wildman–Crippen MR) is 115 cm³/mol. The van der Waals surface area contributed by atoms with E-state index in [4.69, 9.17) is 9.47 Å². The lowest BCUT2D eigenvalue weighted by atomic mass is 9.88. The van der Waals surface area contributed by atoms with E-state index in [9.17, 15) is 4.79 Å². The average Bonchev–Trinajstić information content (AvgIpc) is 2.78. The van der Waals surface area contributed by atoms with Gasteiger partial charge in [-0.05, 0) is 46.2 Å². The van der Waals surface area contributed by atoms with Crippen LogP contribution < -0.4 is 9.47 Å². The summed E-state index contributed by atoms with van der Waals surface area (Å²) in [5.41, 5.74) is 2.19. The molecule has 0 saturated carbocycles. The number of rotatable bonds is 6. The molecule has 0 aliphatic rings. The van der Waals surface area contributed by atoms with Gasteiger partial charge < -0.3 is 9.47 Å². The maximum Gasteiger partial charge on any atom is 0.312 e. The normalized spacial score (nSPS) is 10.8. The predicted octanol–water partition coefficient (Wildman–Crippen LogP) is 5.98. The van der Waals surface area contributed by atoms with Gasteiger partial charge in [0.2, 0.25) is 0 Å². The molecule has 0 amide bonds. The minimum absolute atomic E-state index is 0.0505. The monoisotopic (exact) mass is 382 g/mol. The van der Waals surface area contributed by atoms with Crippen LogP contribution in [0, 0.1) is 0 Å². The molecule has 0 N–H and O–H groups in total. The zero-order valence-electron chi connectivity index (χ0n) is 16.2.